The fourth-order valence-electron chi connectivity index (χ4n) is 3.97. The molecule has 132 valence electrons. The molecule has 0 saturated carbocycles. The summed E-state index contributed by atoms with van der Waals surface area (Å²) in [7, 11) is 1.86. The quantitative estimate of drug-likeness (QED) is 0.908. The fraction of sp³-hybridized carbons (Fsp3) is 0.500. The van der Waals surface area contributed by atoms with Crippen molar-refractivity contribution >= 4 is 23.2 Å². The first-order valence-electron chi connectivity index (χ1n) is 8.64. The Morgan fingerprint density at radius 2 is 2.24 bits per heavy atom. The van der Waals surface area contributed by atoms with Gasteiger partial charge < -0.3 is 10.2 Å². The maximum atomic E-state index is 12.5. The van der Waals surface area contributed by atoms with Crippen LogP contribution in [0.2, 0.25) is 0 Å². The lowest BCUT2D eigenvalue weighted by molar-refractivity contribution is -0.132. The van der Waals surface area contributed by atoms with E-state index in [1.54, 1.807) is 22.2 Å². The number of carbonyl (C=O) groups excluding carboxylic acids is 2. The smallest absolute Gasteiger partial charge is 0.228 e. The van der Waals surface area contributed by atoms with Gasteiger partial charge in [-0.2, -0.15) is 16.4 Å². The van der Waals surface area contributed by atoms with Gasteiger partial charge in [-0.05, 0) is 41.7 Å². The van der Waals surface area contributed by atoms with Crippen molar-refractivity contribution in [2.45, 2.75) is 37.1 Å². The Kier molecular flexibility index (Phi) is 4.11. The molecule has 2 saturated heterocycles. The van der Waals surface area contributed by atoms with Crippen molar-refractivity contribution in [1.82, 2.24) is 20.0 Å². The molecule has 2 aliphatic rings. The van der Waals surface area contributed by atoms with Crippen LogP contribution in [0.5, 0.6) is 0 Å². The van der Waals surface area contributed by atoms with Gasteiger partial charge in [0, 0.05) is 37.4 Å². The highest BCUT2D eigenvalue weighted by molar-refractivity contribution is 7.08. The van der Waals surface area contributed by atoms with E-state index in [-0.39, 0.29) is 23.3 Å². The van der Waals surface area contributed by atoms with E-state index in [0.717, 1.165) is 30.4 Å². The van der Waals surface area contributed by atoms with Crippen molar-refractivity contribution in [1.29, 1.82) is 0 Å². The third-order valence-electron chi connectivity index (χ3n) is 5.44. The minimum Gasteiger partial charge on any atom is -0.350 e. The zero-order chi connectivity index (χ0) is 17.4. The van der Waals surface area contributed by atoms with Crippen molar-refractivity contribution in [2.75, 3.05) is 13.1 Å². The number of aromatic nitrogens is 2. The second-order valence-corrected chi connectivity index (χ2v) is 7.94. The van der Waals surface area contributed by atoms with Crippen LogP contribution in [0, 0.1) is 0 Å². The Bertz CT molecular complexity index is 775. The minimum absolute atomic E-state index is 0.0889. The molecule has 25 heavy (non-hydrogen) atoms. The Morgan fingerprint density at radius 3 is 2.88 bits per heavy atom. The summed E-state index contributed by atoms with van der Waals surface area (Å²) >= 11 is 1.62. The topological polar surface area (TPSA) is 67.2 Å². The predicted octanol–water partition coefficient (Wildman–Crippen LogP) is 1.69. The van der Waals surface area contributed by atoms with Gasteiger partial charge in [-0.3, -0.25) is 14.3 Å². The fourth-order valence-corrected chi connectivity index (χ4v) is 4.63. The first kappa shape index (κ1) is 16.3. The molecule has 4 heterocycles. The van der Waals surface area contributed by atoms with Gasteiger partial charge in [-0.15, -0.1) is 0 Å². The van der Waals surface area contributed by atoms with E-state index in [1.807, 2.05) is 35.0 Å². The normalized spacial score (nSPS) is 22.4. The molecule has 1 N–H and O–H groups in total. The lowest BCUT2D eigenvalue weighted by Gasteiger charge is -2.39. The maximum Gasteiger partial charge on any atom is 0.228 e. The number of aryl methyl sites for hydroxylation is 1. The summed E-state index contributed by atoms with van der Waals surface area (Å²) in [6, 6.07) is 2.00. The van der Waals surface area contributed by atoms with Crippen molar-refractivity contribution in [3.63, 3.8) is 0 Å². The van der Waals surface area contributed by atoms with Gasteiger partial charge in [0.05, 0.1) is 18.5 Å². The number of nitrogens with one attached hydrogen (secondary N) is 1. The number of piperidine rings is 1. The number of carbonyl (C=O) groups is 2. The maximum absolute atomic E-state index is 12.5. The highest BCUT2D eigenvalue weighted by Gasteiger charge is 2.46. The lowest BCUT2D eigenvalue weighted by Crippen LogP contribution is -2.52. The molecular weight excluding hydrogens is 336 g/mol. The molecule has 6 nitrogen and oxygen atoms in total. The van der Waals surface area contributed by atoms with Crippen LogP contribution in [0.1, 0.15) is 36.3 Å². The summed E-state index contributed by atoms with van der Waals surface area (Å²) in [5.74, 6) is 0.147. The summed E-state index contributed by atoms with van der Waals surface area (Å²) < 4.78 is 1.74. The Labute approximate surface area is 150 Å². The van der Waals surface area contributed by atoms with Gasteiger partial charge >= 0.3 is 0 Å². The Morgan fingerprint density at radius 1 is 1.44 bits per heavy atom. The van der Waals surface area contributed by atoms with Crippen LogP contribution in [-0.4, -0.2) is 45.1 Å². The summed E-state index contributed by atoms with van der Waals surface area (Å²) in [5, 5.41) is 11.4. The number of hydrogen-bond acceptors (Lipinski definition) is 4. The molecule has 2 aliphatic heterocycles. The van der Waals surface area contributed by atoms with Gasteiger partial charge in [0.15, 0.2) is 0 Å². The third kappa shape index (κ3) is 3.20. The summed E-state index contributed by atoms with van der Waals surface area (Å²) in [6.07, 6.45) is 6.62. The first-order valence-corrected chi connectivity index (χ1v) is 9.58. The standard InChI is InChI=1S/C18H22N4O2S/c1-21-11-14(10-19-21)15-9-18(20-17(15)24)3-5-22(6-4-18)16(23)8-13-2-7-25-12-13/h2,7,10-12,15H,3-6,8-9H2,1H3,(H,20,24). The second kappa shape index (κ2) is 6.29. The van der Waals surface area contributed by atoms with Crippen LogP contribution in [0.15, 0.2) is 29.2 Å². The number of thiophene rings is 1. The van der Waals surface area contributed by atoms with Gasteiger partial charge in [0.25, 0.3) is 0 Å². The molecule has 2 aromatic rings. The molecule has 4 rings (SSSR count). The molecule has 0 radical (unpaired) electrons. The second-order valence-electron chi connectivity index (χ2n) is 7.16. The molecule has 2 aromatic heterocycles. The van der Waals surface area contributed by atoms with Crippen molar-refractivity contribution in [2.24, 2.45) is 7.05 Å². The van der Waals surface area contributed by atoms with E-state index >= 15 is 0 Å². The van der Waals surface area contributed by atoms with E-state index in [9.17, 15) is 9.59 Å². The Hall–Kier alpha value is -2.15. The van der Waals surface area contributed by atoms with Crippen LogP contribution in [0.4, 0.5) is 0 Å². The molecule has 0 bridgehead atoms. The van der Waals surface area contributed by atoms with Crippen LogP contribution in [0.25, 0.3) is 0 Å². The average Bonchev–Trinajstić information content (AvgIpc) is 3.30. The van der Waals surface area contributed by atoms with Gasteiger partial charge in [-0.1, -0.05) is 0 Å². The van der Waals surface area contributed by atoms with Gasteiger partial charge in [0.1, 0.15) is 0 Å². The van der Waals surface area contributed by atoms with E-state index in [4.69, 9.17) is 0 Å². The number of hydrogen-bond donors (Lipinski definition) is 1. The average molecular weight is 358 g/mol. The molecule has 2 amide bonds. The molecule has 0 aliphatic carbocycles. The minimum atomic E-state index is -0.170. The number of nitrogens with zero attached hydrogens (tertiary/aromatic N) is 3. The first-order chi connectivity index (χ1) is 12.0. The highest BCUT2D eigenvalue weighted by Crippen LogP contribution is 2.39. The van der Waals surface area contributed by atoms with Crippen molar-refractivity contribution < 1.29 is 9.59 Å². The van der Waals surface area contributed by atoms with Crippen LogP contribution in [0.3, 0.4) is 0 Å². The zero-order valence-electron chi connectivity index (χ0n) is 14.3. The Balaban J connectivity index is 1.38. The molecule has 0 aromatic carbocycles. The van der Waals surface area contributed by atoms with E-state index in [0.29, 0.717) is 19.5 Å². The highest BCUT2D eigenvalue weighted by atomic mass is 32.1. The molecular formula is C18H22N4O2S. The molecule has 1 unspecified atom stereocenters. The van der Waals surface area contributed by atoms with E-state index < -0.39 is 0 Å². The monoisotopic (exact) mass is 358 g/mol. The summed E-state index contributed by atoms with van der Waals surface area (Å²) in [5.41, 5.74) is 1.89. The van der Waals surface area contributed by atoms with Crippen LogP contribution < -0.4 is 5.32 Å². The van der Waals surface area contributed by atoms with Gasteiger partial charge in [-0.25, -0.2) is 0 Å². The summed E-state index contributed by atoms with van der Waals surface area (Å²) in [6.45, 7) is 1.42. The molecule has 7 heteroatoms. The van der Waals surface area contributed by atoms with Gasteiger partial charge in [0.2, 0.25) is 11.8 Å². The molecule has 1 spiro atoms. The number of rotatable bonds is 3. The van der Waals surface area contributed by atoms with Crippen molar-refractivity contribution in [3.05, 3.63) is 40.3 Å². The molecule has 1 atom stereocenters. The van der Waals surface area contributed by atoms with Crippen molar-refractivity contribution in [3.8, 4) is 0 Å². The third-order valence-corrected chi connectivity index (χ3v) is 6.17. The largest absolute Gasteiger partial charge is 0.350 e. The SMILES string of the molecule is Cn1cc(C2CC3(CCN(C(=O)Cc4ccsc4)CC3)NC2=O)cn1. The number of likely N-dealkylation sites (tertiary alicyclic amines) is 1. The van der Waals surface area contributed by atoms with Crippen LogP contribution >= 0.6 is 11.3 Å². The predicted molar refractivity (Wildman–Crippen MR) is 95.3 cm³/mol. The molecule has 2 fully saturated rings. The zero-order valence-corrected chi connectivity index (χ0v) is 15.1. The summed E-state index contributed by atoms with van der Waals surface area (Å²) in [4.78, 5) is 26.8. The van der Waals surface area contributed by atoms with Crippen LogP contribution in [-0.2, 0) is 23.1 Å². The lowest BCUT2D eigenvalue weighted by atomic mass is 9.82. The van der Waals surface area contributed by atoms with E-state index in [2.05, 4.69) is 10.4 Å². The number of amides is 2. The van der Waals surface area contributed by atoms with E-state index in [1.165, 1.54) is 0 Å².